The van der Waals surface area contributed by atoms with E-state index in [1.54, 1.807) is 0 Å². The van der Waals surface area contributed by atoms with E-state index < -0.39 is 110 Å². The SMILES string of the molecule is CN(C)[C@@H]1C(O)=C(C(N)=O)C(=O)[C@@]2(O)C(O)=C3C(=O)c4c(O)ccc(/C=C/c5c(F)c(F)c(F)c(F)c5F)c4C[C@@H]3C[C@H]12. The average Bonchev–Trinajstić information content (AvgIpc) is 2.93. The van der Waals surface area contributed by atoms with Gasteiger partial charge in [-0.25, -0.2) is 22.0 Å². The fourth-order valence-electron chi connectivity index (χ4n) is 6.37. The monoisotopic (exact) mass is 606 g/mol. The van der Waals surface area contributed by atoms with Crippen LogP contribution in [-0.2, 0) is 16.0 Å². The summed E-state index contributed by atoms with van der Waals surface area (Å²) in [6.45, 7) is 0. The summed E-state index contributed by atoms with van der Waals surface area (Å²) in [5, 5.41) is 44.3. The summed E-state index contributed by atoms with van der Waals surface area (Å²) >= 11 is 0. The number of likely N-dealkylation sites (N-methyl/N-ethyl adjacent to an activating group) is 1. The van der Waals surface area contributed by atoms with Crippen LogP contribution >= 0.6 is 0 Å². The third-order valence-electron chi connectivity index (χ3n) is 8.32. The summed E-state index contributed by atoms with van der Waals surface area (Å²) in [5.41, 5.74) is -0.468. The highest BCUT2D eigenvalue weighted by molar-refractivity contribution is 6.24. The minimum Gasteiger partial charge on any atom is -0.510 e. The molecule has 6 N–H and O–H groups in total. The van der Waals surface area contributed by atoms with Crippen LogP contribution in [0.2, 0.25) is 0 Å². The fourth-order valence-corrected chi connectivity index (χ4v) is 6.37. The lowest BCUT2D eigenvalue weighted by Gasteiger charge is -2.50. The predicted molar refractivity (Wildman–Crippen MR) is 139 cm³/mol. The zero-order valence-corrected chi connectivity index (χ0v) is 22.4. The van der Waals surface area contributed by atoms with Gasteiger partial charge in [-0.1, -0.05) is 12.1 Å². The number of aliphatic hydroxyl groups is 3. The lowest BCUT2D eigenvalue weighted by Crippen LogP contribution is -2.63. The van der Waals surface area contributed by atoms with Crippen LogP contribution in [0.5, 0.6) is 5.75 Å². The topological polar surface area (TPSA) is 161 Å². The molecule has 0 saturated carbocycles. The first-order chi connectivity index (χ1) is 20.0. The molecular weight excluding hydrogens is 583 g/mol. The maximum absolute atomic E-state index is 14.3. The number of allylic oxidation sites excluding steroid dienone is 1. The quantitative estimate of drug-likeness (QED) is 0.117. The van der Waals surface area contributed by atoms with Crippen molar-refractivity contribution >= 4 is 29.6 Å². The van der Waals surface area contributed by atoms with Gasteiger partial charge in [0, 0.05) is 11.5 Å². The number of carbonyl (C=O) groups is 3. The van der Waals surface area contributed by atoms with Gasteiger partial charge in [-0.3, -0.25) is 19.3 Å². The molecule has 2 aromatic rings. The lowest BCUT2D eigenvalue weighted by molar-refractivity contribution is -0.148. The number of rotatable bonds is 4. The van der Waals surface area contributed by atoms with E-state index in [1.165, 1.54) is 25.1 Å². The van der Waals surface area contributed by atoms with Crippen molar-refractivity contribution in [2.75, 3.05) is 14.1 Å². The second kappa shape index (κ2) is 10.0. The summed E-state index contributed by atoms with van der Waals surface area (Å²) in [7, 11) is 2.93. The first-order valence-corrected chi connectivity index (χ1v) is 12.7. The van der Waals surface area contributed by atoms with Crippen LogP contribution in [0.15, 0.2) is 34.8 Å². The van der Waals surface area contributed by atoms with Gasteiger partial charge in [0.05, 0.1) is 17.2 Å². The fraction of sp³-hybridized carbons (Fsp3) is 0.276. The van der Waals surface area contributed by atoms with Gasteiger partial charge in [-0.15, -0.1) is 0 Å². The van der Waals surface area contributed by atoms with E-state index in [1.807, 2.05) is 0 Å². The number of nitrogens with two attached hydrogens (primary N) is 1. The number of aliphatic hydroxyl groups excluding tert-OH is 2. The summed E-state index contributed by atoms with van der Waals surface area (Å²) in [6.07, 6.45) is 1.21. The Morgan fingerprint density at radius 2 is 1.56 bits per heavy atom. The Balaban J connectivity index is 1.66. The Bertz CT molecular complexity index is 1720. The predicted octanol–water partition coefficient (Wildman–Crippen LogP) is 2.99. The number of hydrogen-bond donors (Lipinski definition) is 5. The molecule has 0 spiro atoms. The number of hydrogen-bond acceptors (Lipinski definition) is 8. The molecule has 1 amide bonds. The van der Waals surface area contributed by atoms with E-state index in [-0.39, 0.29) is 24.0 Å². The number of amides is 1. The first-order valence-electron chi connectivity index (χ1n) is 12.7. The number of carbonyl (C=O) groups excluding carboxylic acids is 3. The van der Waals surface area contributed by atoms with Gasteiger partial charge in [0.1, 0.15) is 22.8 Å². The van der Waals surface area contributed by atoms with Gasteiger partial charge in [0.25, 0.3) is 5.91 Å². The third-order valence-corrected chi connectivity index (χ3v) is 8.32. The largest absolute Gasteiger partial charge is 0.510 e. The van der Waals surface area contributed by atoms with E-state index in [0.29, 0.717) is 6.08 Å². The van der Waals surface area contributed by atoms with E-state index in [2.05, 4.69) is 0 Å². The highest BCUT2D eigenvalue weighted by atomic mass is 19.2. The molecule has 3 aliphatic carbocycles. The van der Waals surface area contributed by atoms with Crippen LogP contribution in [0, 0.1) is 40.9 Å². The standard InChI is InChI=1S/C29H23F5N2O7/c1-36(2)23-13-8-10-7-12-9(3-5-11-18(30)20(32)22(34)21(33)19(11)31)4-6-14(37)16(12)24(38)15(10)26(40)29(13,43)27(41)17(25(23)39)28(35)42/h3-6,10,13,23,37,39-40,43H,7-8H2,1-2H3,(H2,35,42)/b5-3+/t10-,13-,23+,29+/m1/s1. The Morgan fingerprint density at radius 3 is 2.12 bits per heavy atom. The number of ketones is 2. The van der Waals surface area contributed by atoms with Crippen molar-refractivity contribution < 1.29 is 56.8 Å². The molecule has 14 heteroatoms. The minimum absolute atomic E-state index is 0.0482. The van der Waals surface area contributed by atoms with Gasteiger partial charge in [0.15, 0.2) is 34.7 Å². The second-order valence-corrected chi connectivity index (χ2v) is 10.8. The van der Waals surface area contributed by atoms with Crippen molar-refractivity contribution in [3.63, 3.8) is 0 Å². The Labute approximate surface area is 239 Å². The molecule has 0 aromatic heterocycles. The number of phenols is 1. The normalized spacial score (nSPS) is 25.4. The molecule has 5 rings (SSSR count). The van der Waals surface area contributed by atoms with Crippen molar-refractivity contribution in [2.24, 2.45) is 17.6 Å². The van der Waals surface area contributed by atoms with Crippen molar-refractivity contribution in [3.8, 4) is 5.75 Å². The number of primary amides is 1. The van der Waals surface area contributed by atoms with Crippen molar-refractivity contribution in [1.82, 2.24) is 4.90 Å². The molecule has 9 nitrogen and oxygen atoms in total. The molecule has 3 aliphatic rings. The average molecular weight is 606 g/mol. The van der Waals surface area contributed by atoms with Crippen LogP contribution in [0.25, 0.3) is 12.2 Å². The Morgan fingerprint density at radius 1 is 0.977 bits per heavy atom. The smallest absolute Gasteiger partial charge is 0.255 e. The number of halogens is 5. The summed E-state index contributed by atoms with van der Waals surface area (Å²) < 4.78 is 69.4. The van der Waals surface area contributed by atoms with Crippen LogP contribution in [0.4, 0.5) is 22.0 Å². The molecule has 4 atom stereocenters. The van der Waals surface area contributed by atoms with E-state index in [0.717, 1.165) is 12.1 Å². The van der Waals surface area contributed by atoms with Crippen molar-refractivity contribution in [2.45, 2.75) is 24.5 Å². The lowest BCUT2D eigenvalue weighted by atomic mass is 9.58. The maximum Gasteiger partial charge on any atom is 0.255 e. The molecule has 0 unspecified atom stereocenters. The van der Waals surface area contributed by atoms with Gasteiger partial charge < -0.3 is 26.2 Å². The van der Waals surface area contributed by atoms with E-state index in [9.17, 15) is 56.8 Å². The molecule has 0 saturated heterocycles. The number of nitrogens with zero attached hydrogens (tertiary/aromatic N) is 1. The molecule has 0 radical (unpaired) electrons. The number of Topliss-reactive ketones (excluding diaryl/α,β-unsaturated/α-hetero) is 2. The molecule has 0 bridgehead atoms. The zero-order chi connectivity index (χ0) is 31.9. The van der Waals surface area contributed by atoms with Crippen molar-refractivity contribution in [3.05, 3.63) is 86.1 Å². The Hall–Kier alpha value is -4.56. The number of aromatic hydroxyl groups is 1. The van der Waals surface area contributed by atoms with Crippen LogP contribution in [0.1, 0.15) is 33.5 Å². The first kappa shape index (κ1) is 29.9. The minimum atomic E-state index is -2.84. The van der Waals surface area contributed by atoms with E-state index >= 15 is 0 Å². The molecular formula is C29H23F5N2O7. The molecule has 0 heterocycles. The highest BCUT2D eigenvalue weighted by Crippen LogP contribution is 2.52. The Kier molecular flexibility index (Phi) is 6.97. The zero-order valence-electron chi connectivity index (χ0n) is 22.4. The number of fused-ring (bicyclic) bond motifs is 3. The molecule has 0 fully saturated rings. The third kappa shape index (κ3) is 4.07. The number of phenolic OH excluding ortho intramolecular Hbond substituents is 1. The molecule has 226 valence electrons. The van der Waals surface area contributed by atoms with Crippen LogP contribution in [-0.4, -0.2) is 68.5 Å². The van der Waals surface area contributed by atoms with Crippen molar-refractivity contribution in [1.29, 1.82) is 0 Å². The van der Waals surface area contributed by atoms with Gasteiger partial charge in [-0.05, 0) is 56.1 Å². The molecule has 0 aliphatic heterocycles. The summed E-state index contributed by atoms with van der Waals surface area (Å²) in [4.78, 5) is 40.5. The van der Waals surface area contributed by atoms with E-state index in [4.69, 9.17) is 5.73 Å². The van der Waals surface area contributed by atoms with Gasteiger partial charge >= 0.3 is 0 Å². The van der Waals surface area contributed by atoms with Crippen LogP contribution < -0.4 is 5.73 Å². The van der Waals surface area contributed by atoms with Crippen LogP contribution in [0.3, 0.4) is 0 Å². The molecule has 2 aromatic carbocycles. The maximum atomic E-state index is 14.3. The summed E-state index contributed by atoms with van der Waals surface area (Å²) in [6, 6.07) is 1.04. The molecule has 43 heavy (non-hydrogen) atoms. The second-order valence-electron chi connectivity index (χ2n) is 10.8. The highest BCUT2D eigenvalue weighted by Gasteiger charge is 2.63. The summed E-state index contributed by atoms with van der Waals surface area (Å²) in [5.74, 6) is -19.3. The number of benzene rings is 2. The van der Waals surface area contributed by atoms with Gasteiger partial charge in [0.2, 0.25) is 11.6 Å². The van der Waals surface area contributed by atoms with Gasteiger partial charge in [-0.2, -0.15) is 0 Å².